The molecule has 1 amide bonds. The van der Waals surface area contributed by atoms with Crippen LogP contribution < -0.4 is 0 Å². The number of hydrogen-bond acceptors (Lipinski definition) is 1. The minimum Gasteiger partial charge on any atom is -0.350 e. The quantitative estimate of drug-likeness (QED) is 0.796. The van der Waals surface area contributed by atoms with Crippen LogP contribution in [0.5, 0.6) is 0 Å². The van der Waals surface area contributed by atoms with Crippen molar-refractivity contribution in [1.29, 1.82) is 0 Å². The lowest BCUT2D eigenvalue weighted by Gasteiger charge is -2.18. The number of carbonyl (C=O) groups excluding carboxylic acids is 1. The van der Waals surface area contributed by atoms with Crippen LogP contribution in [0.2, 0.25) is 0 Å². The Labute approximate surface area is 139 Å². The molecule has 8 heteroatoms. The minimum absolute atomic E-state index is 0.0641. The smallest absolute Gasteiger partial charge is 0.270 e. The van der Waals surface area contributed by atoms with Crippen molar-refractivity contribution in [3.63, 3.8) is 0 Å². The molecule has 1 saturated carbocycles. The largest absolute Gasteiger partial charge is 0.350 e. The Morgan fingerprint density at radius 1 is 1.16 bits per heavy atom. The van der Waals surface area contributed by atoms with Crippen LogP contribution in [0.25, 0.3) is 10.9 Å². The van der Waals surface area contributed by atoms with Crippen LogP contribution in [0.3, 0.4) is 0 Å². The van der Waals surface area contributed by atoms with Gasteiger partial charge in [-0.15, -0.1) is 0 Å². The van der Waals surface area contributed by atoms with E-state index in [1.807, 2.05) is 0 Å². The molecule has 2 heterocycles. The van der Waals surface area contributed by atoms with Gasteiger partial charge in [-0.3, -0.25) is 4.79 Å². The van der Waals surface area contributed by atoms with Gasteiger partial charge < -0.3 is 9.88 Å². The van der Waals surface area contributed by atoms with E-state index in [1.54, 1.807) is 0 Å². The molecule has 0 radical (unpaired) electrons. The molecule has 2 aliphatic rings. The molecule has 1 aliphatic carbocycles. The van der Waals surface area contributed by atoms with Gasteiger partial charge in [0.2, 0.25) is 5.92 Å². The summed E-state index contributed by atoms with van der Waals surface area (Å²) < 4.78 is 66.4. The fourth-order valence-corrected chi connectivity index (χ4v) is 4.11. The number of benzene rings is 1. The van der Waals surface area contributed by atoms with Crippen molar-refractivity contribution in [2.75, 3.05) is 13.1 Å². The molecule has 2 aromatic rings. The molecule has 2 atom stereocenters. The summed E-state index contributed by atoms with van der Waals surface area (Å²) in [5, 5.41) is 0.0886. The van der Waals surface area contributed by atoms with E-state index in [2.05, 4.69) is 4.98 Å². The first-order chi connectivity index (χ1) is 11.7. The molecular weight excluding hydrogens is 343 g/mol. The molecule has 134 valence electrons. The van der Waals surface area contributed by atoms with Gasteiger partial charge in [0.1, 0.15) is 11.5 Å². The van der Waals surface area contributed by atoms with Crippen LogP contribution in [-0.2, 0) is 0 Å². The molecule has 0 bridgehead atoms. The third-order valence-electron chi connectivity index (χ3n) is 5.19. The standard InChI is InChI=1S/C17H15F5N2O/c18-10-1-12(15(19)20)11-3-14(23-13(11)2-10)16(25)24-6-8-4-17(21,22)5-9(8)7-24/h1-3,8-9,15,23H,4-7H2. The molecule has 1 saturated heterocycles. The van der Waals surface area contributed by atoms with Gasteiger partial charge >= 0.3 is 0 Å². The predicted molar refractivity (Wildman–Crippen MR) is 80.3 cm³/mol. The van der Waals surface area contributed by atoms with Crippen LogP contribution in [0.15, 0.2) is 18.2 Å². The van der Waals surface area contributed by atoms with Crippen molar-refractivity contribution in [2.24, 2.45) is 11.8 Å². The maximum Gasteiger partial charge on any atom is 0.270 e. The van der Waals surface area contributed by atoms with Crippen molar-refractivity contribution in [3.8, 4) is 0 Å². The second-order valence-electron chi connectivity index (χ2n) is 6.93. The van der Waals surface area contributed by atoms with Gasteiger partial charge in [-0.25, -0.2) is 22.0 Å². The SMILES string of the molecule is O=C(c1cc2c(C(F)F)cc(F)cc2[nH]1)N1CC2CC(F)(F)CC2C1. The number of alkyl halides is 4. The summed E-state index contributed by atoms with van der Waals surface area (Å²) in [7, 11) is 0. The molecule has 1 N–H and O–H groups in total. The first kappa shape index (κ1) is 16.4. The number of amides is 1. The predicted octanol–water partition coefficient (Wildman–Crippen LogP) is 4.36. The maximum atomic E-state index is 13.5. The summed E-state index contributed by atoms with van der Waals surface area (Å²) in [5.41, 5.74) is -0.304. The van der Waals surface area contributed by atoms with E-state index in [9.17, 15) is 26.7 Å². The number of fused-ring (bicyclic) bond motifs is 2. The molecule has 1 aliphatic heterocycles. The molecule has 25 heavy (non-hydrogen) atoms. The number of rotatable bonds is 2. The Morgan fingerprint density at radius 3 is 2.40 bits per heavy atom. The lowest BCUT2D eigenvalue weighted by atomic mass is 10.0. The van der Waals surface area contributed by atoms with Gasteiger partial charge in [-0.05, 0) is 30.0 Å². The first-order valence-electron chi connectivity index (χ1n) is 8.01. The summed E-state index contributed by atoms with van der Waals surface area (Å²) in [4.78, 5) is 16.7. The van der Waals surface area contributed by atoms with Crippen LogP contribution in [0.1, 0.15) is 35.3 Å². The topological polar surface area (TPSA) is 36.1 Å². The number of halogens is 5. The maximum absolute atomic E-state index is 13.5. The van der Waals surface area contributed by atoms with E-state index in [4.69, 9.17) is 0 Å². The van der Waals surface area contributed by atoms with Crippen molar-refractivity contribution in [3.05, 3.63) is 35.3 Å². The number of H-pyrrole nitrogens is 1. The van der Waals surface area contributed by atoms with Gasteiger partial charge in [0.15, 0.2) is 0 Å². The number of hydrogen-bond donors (Lipinski definition) is 1. The Bertz CT molecular complexity index is 831. The van der Waals surface area contributed by atoms with Crippen LogP contribution in [0.4, 0.5) is 22.0 Å². The Hall–Kier alpha value is -2.12. The molecule has 2 fully saturated rings. The summed E-state index contributed by atoms with van der Waals surface area (Å²) >= 11 is 0. The molecule has 1 aromatic heterocycles. The third-order valence-corrected chi connectivity index (χ3v) is 5.19. The van der Waals surface area contributed by atoms with Crippen molar-refractivity contribution < 1.29 is 26.7 Å². The van der Waals surface area contributed by atoms with E-state index >= 15 is 0 Å². The average Bonchev–Trinajstić information content (AvgIpc) is 3.15. The summed E-state index contributed by atoms with van der Waals surface area (Å²) in [5.74, 6) is -4.40. The number of aromatic amines is 1. The number of likely N-dealkylation sites (tertiary alicyclic amines) is 1. The van der Waals surface area contributed by atoms with Gasteiger partial charge in [-0.2, -0.15) is 0 Å². The molecule has 1 aromatic carbocycles. The minimum atomic E-state index is -2.87. The number of nitrogens with one attached hydrogen (secondary N) is 1. The lowest BCUT2D eigenvalue weighted by Crippen LogP contribution is -2.31. The van der Waals surface area contributed by atoms with Gasteiger partial charge in [0.05, 0.1) is 0 Å². The fourth-order valence-electron chi connectivity index (χ4n) is 4.11. The summed E-state index contributed by atoms with van der Waals surface area (Å²) in [6.45, 7) is 0.453. The second-order valence-corrected chi connectivity index (χ2v) is 6.93. The number of nitrogens with zero attached hydrogens (tertiary/aromatic N) is 1. The van der Waals surface area contributed by atoms with E-state index in [1.165, 1.54) is 11.0 Å². The van der Waals surface area contributed by atoms with E-state index < -0.39 is 29.6 Å². The van der Waals surface area contributed by atoms with E-state index in [0.29, 0.717) is 0 Å². The van der Waals surface area contributed by atoms with Crippen LogP contribution in [0, 0.1) is 17.7 Å². The lowest BCUT2D eigenvalue weighted by molar-refractivity contribution is -0.00245. The fraction of sp³-hybridized carbons (Fsp3) is 0.471. The highest BCUT2D eigenvalue weighted by Crippen LogP contribution is 2.47. The van der Waals surface area contributed by atoms with E-state index in [0.717, 1.165) is 12.1 Å². The number of aromatic nitrogens is 1. The molecule has 2 unspecified atom stereocenters. The molecule has 4 rings (SSSR count). The Kier molecular flexibility index (Phi) is 3.56. The Morgan fingerprint density at radius 2 is 1.80 bits per heavy atom. The van der Waals surface area contributed by atoms with Crippen molar-refractivity contribution in [1.82, 2.24) is 9.88 Å². The van der Waals surface area contributed by atoms with Crippen molar-refractivity contribution >= 4 is 16.8 Å². The monoisotopic (exact) mass is 358 g/mol. The number of carbonyl (C=O) groups is 1. The molecule has 0 spiro atoms. The zero-order valence-corrected chi connectivity index (χ0v) is 13.0. The van der Waals surface area contributed by atoms with Crippen molar-refractivity contribution in [2.45, 2.75) is 25.2 Å². The van der Waals surface area contributed by atoms with Crippen LogP contribution in [-0.4, -0.2) is 34.8 Å². The highest BCUT2D eigenvalue weighted by Gasteiger charge is 2.51. The highest BCUT2D eigenvalue weighted by atomic mass is 19.3. The first-order valence-corrected chi connectivity index (χ1v) is 8.01. The second kappa shape index (κ2) is 5.44. The zero-order chi connectivity index (χ0) is 17.9. The van der Waals surface area contributed by atoms with Gasteiger partial charge in [0, 0.05) is 42.4 Å². The highest BCUT2D eigenvalue weighted by molar-refractivity contribution is 5.99. The zero-order valence-electron chi connectivity index (χ0n) is 13.0. The van der Waals surface area contributed by atoms with Crippen LogP contribution >= 0.6 is 0 Å². The molecule has 3 nitrogen and oxygen atoms in total. The normalized spacial score (nSPS) is 25.1. The Balaban J connectivity index is 1.61. The average molecular weight is 358 g/mol. The van der Waals surface area contributed by atoms with Gasteiger partial charge in [-0.1, -0.05) is 0 Å². The van der Waals surface area contributed by atoms with E-state index in [-0.39, 0.29) is 54.4 Å². The third kappa shape index (κ3) is 2.77. The van der Waals surface area contributed by atoms with Gasteiger partial charge in [0.25, 0.3) is 12.3 Å². The summed E-state index contributed by atoms with van der Waals surface area (Å²) in [6.07, 6.45) is -3.32. The molecular formula is C17H15F5N2O. The summed E-state index contributed by atoms with van der Waals surface area (Å²) in [6, 6.07) is 3.08.